The van der Waals surface area contributed by atoms with Crippen LogP contribution in [0.15, 0.2) is 60.0 Å². The van der Waals surface area contributed by atoms with E-state index in [-0.39, 0.29) is 6.04 Å². The summed E-state index contributed by atoms with van der Waals surface area (Å²) in [7, 11) is -3.51. The molecule has 26 heavy (non-hydrogen) atoms. The van der Waals surface area contributed by atoms with E-state index >= 15 is 0 Å². The SMILES string of the molecule is O=S(=O)(/C=C/c1ccc(Cl)cc1)NCC(c1ccccc1)N1CCCC1. The zero-order valence-corrected chi connectivity index (χ0v) is 16.1. The molecule has 2 aromatic rings. The molecule has 1 N–H and O–H groups in total. The molecule has 0 amide bonds. The van der Waals surface area contributed by atoms with Crippen LogP contribution < -0.4 is 4.72 Å². The first-order chi connectivity index (χ1) is 12.5. The number of likely N-dealkylation sites (tertiary alicyclic amines) is 1. The zero-order valence-electron chi connectivity index (χ0n) is 14.5. The first kappa shape index (κ1) is 19.1. The Labute approximate surface area is 160 Å². The fourth-order valence-corrected chi connectivity index (χ4v) is 4.12. The molecule has 1 saturated heterocycles. The predicted molar refractivity (Wildman–Crippen MR) is 107 cm³/mol. The summed E-state index contributed by atoms with van der Waals surface area (Å²) in [6.45, 7) is 2.36. The number of hydrogen-bond donors (Lipinski definition) is 1. The molecule has 1 aliphatic heterocycles. The third kappa shape index (κ3) is 5.42. The van der Waals surface area contributed by atoms with Gasteiger partial charge in [0.15, 0.2) is 0 Å². The fourth-order valence-electron chi connectivity index (χ4n) is 3.17. The minimum Gasteiger partial charge on any atom is -0.295 e. The van der Waals surface area contributed by atoms with Crippen LogP contribution in [0.25, 0.3) is 6.08 Å². The van der Waals surface area contributed by atoms with Gasteiger partial charge in [-0.3, -0.25) is 4.90 Å². The zero-order chi connectivity index (χ0) is 18.4. The van der Waals surface area contributed by atoms with Gasteiger partial charge < -0.3 is 0 Å². The predicted octanol–water partition coefficient (Wildman–Crippen LogP) is 4.07. The Hall–Kier alpha value is -1.66. The number of benzene rings is 2. The molecule has 1 unspecified atom stereocenters. The van der Waals surface area contributed by atoms with Crippen molar-refractivity contribution in [2.45, 2.75) is 18.9 Å². The van der Waals surface area contributed by atoms with Crippen LogP contribution >= 0.6 is 11.6 Å². The average molecular weight is 391 g/mol. The molecule has 138 valence electrons. The normalized spacial score (nSPS) is 17.0. The van der Waals surface area contributed by atoms with Crippen molar-refractivity contribution in [3.63, 3.8) is 0 Å². The minimum atomic E-state index is -3.51. The van der Waals surface area contributed by atoms with Crippen LogP contribution in [0.2, 0.25) is 5.02 Å². The van der Waals surface area contributed by atoms with Crippen molar-refractivity contribution in [3.05, 3.63) is 76.2 Å². The lowest BCUT2D eigenvalue weighted by molar-refractivity contribution is 0.246. The van der Waals surface area contributed by atoms with Crippen molar-refractivity contribution >= 4 is 27.7 Å². The third-order valence-corrected chi connectivity index (χ3v) is 5.87. The number of sulfonamides is 1. The number of nitrogens with one attached hydrogen (secondary N) is 1. The molecule has 1 fully saturated rings. The van der Waals surface area contributed by atoms with E-state index in [1.807, 2.05) is 18.2 Å². The van der Waals surface area contributed by atoms with Crippen LogP contribution in [0.1, 0.15) is 30.0 Å². The van der Waals surface area contributed by atoms with E-state index in [0.29, 0.717) is 11.6 Å². The number of rotatable bonds is 7. The van der Waals surface area contributed by atoms with Gasteiger partial charge in [-0.1, -0.05) is 54.1 Å². The third-order valence-electron chi connectivity index (χ3n) is 4.55. The van der Waals surface area contributed by atoms with Crippen molar-refractivity contribution in [1.82, 2.24) is 9.62 Å². The molecule has 1 aliphatic rings. The first-order valence-electron chi connectivity index (χ1n) is 8.76. The topological polar surface area (TPSA) is 49.4 Å². The standard InChI is InChI=1S/C20H23ClN2O2S/c21-19-10-8-17(9-11-19)12-15-26(24,25)22-16-20(23-13-4-5-14-23)18-6-2-1-3-7-18/h1-3,6-12,15,20,22H,4-5,13-14,16H2/b15-12+. The number of nitrogens with zero attached hydrogens (tertiary/aromatic N) is 1. The van der Waals surface area contributed by atoms with Gasteiger partial charge >= 0.3 is 0 Å². The fraction of sp³-hybridized carbons (Fsp3) is 0.300. The Morgan fingerprint density at radius 1 is 1.04 bits per heavy atom. The second-order valence-corrected chi connectivity index (χ2v) is 8.50. The Morgan fingerprint density at radius 2 is 1.69 bits per heavy atom. The molecule has 1 atom stereocenters. The van der Waals surface area contributed by atoms with E-state index in [2.05, 4.69) is 21.8 Å². The molecule has 0 spiro atoms. The van der Waals surface area contributed by atoms with Gasteiger partial charge in [0.25, 0.3) is 0 Å². The van der Waals surface area contributed by atoms with E-state index in [4.69, 9.17) is 11.6 Å². The van der Waals surface area contributed by atoms with Gasteiger partial charge in [0, 0.05) is 23.0 Å². The van der Waals surface area contributed by atoms with Crippen LogP contribution in [-0.4, -0.2) is 33.0 Å². The lowest BCUT2D eigenvalue weighted by atomic mass is 10.1. The monoisotopic (exact) mass is 390 g/mol. The van der Waals surface area contributed by atoms with Gasteiger partial charge in [-0.05, 0) is 55.3 Å². The quantitative estimate of drug-likeness (QED) is 0.775. The highest BCUT2D eigenvalue weighted by Crippen LogP contribution is 2.24. The van der Waals surface area contributed by atoms with Crippen molar-refractivity contribution < 1.29 is 8.42 Å². The first-order valence-corrected chi connectivity index (χ1v) is 10.7. The molecule has 6 heteroatoms. The van der Waals surface area contributed by atoms with Crippen molar-refractivity contribution in [1.29, 1.82) is 0 Å². The highest BCUT2D eigenvalue weighted by Gasteiger charge is 2.24. The number of hydrogen-bond acceptors (Lipinski definition) is 3. The molecular formula is C20H23ClN2O2S. The van der Waals surface area contributed by atoms with Crippen LogP contribution in [0.3, 0.4) is 0 Å². The van der Waals surface area contributed by atoms with Gasteiger partial charge in [0.05, 0.1) is 0 Å². The van der Waals surface area contributed by atoms with Crippen molar-refractivity contribution in [3.8, 4) is 0 Å². The minimum absolute atomic E-state index is 0.0532. The molecule has 0 bridgehead atoms. The highest BCUT2D eigenvalue weighted by atomic mass is 35.5. The maximum Gasteiger partial charge on any atom is 0.233 e. The second-order valence-electron chi connectivity index (χ2n) is 6.42. The van der Waals surface area contributed by atoms with Gasteiger partial charge in [0.1, 0.15) is 0 Å². The molecule has 1 heterocycles. The summed E-state index contributed by atoms with van der Waals surface area (Å²) in [6.07, 6.45) is 3.89. The molecule has 3 rings (SSSR count). The Kier molecular flexibility index (Phi) is 6.48. The summed E-state index contributed by atoms with van der Waals surface area (Å²) in [5, 5.41) is 1.84. The summed E-state index contributed by atoms with van der Waals surface area (Å²) in [5.41, 5.74) is 1.93. The van der Waals surface area contributed by atoms with Crippen LogP contribution in [0.4, 0.5) is 0 Å². The molecule has 0 aliphatic carbocycles. The van der Waals surface area contributed by atoms with Crippen LogP contribution in [0.5, 0.6) is 0 Å². The molecule has 0 saturated carbocycles. The van der Waals surface area contributed by atoms with E-state index in [9.17, 15) is 8.42 Å². The van der Waals surface area contributed by atoms with Crippen molar-refractivity contribution in [2.24, 2.45) is 0 Å². The molecule has 2 aromatic carbocycles. The largest absolute Gasteiger partial charge is 0.295 e. The lowest BCUT2D eigenvalue weighted by Crippen LogP contribution is -2.36. The lowest BCUT2D eigenvalue weighted by Gasteiger charge is -2.28. The summed E-state index contributed by atoms with van der Waals surface area (Å²) < 4.78 is 27.5. The molecule has 4 nitrogen and oxygen atoms in total. The maximum absolute atomic E-state index is 12.4. The second kappa shape index (κ2) is 8.82. The van der Waals surface area contributed by atoms with Gasteiger partial charge in [-0.15, -0.1) is 0 Å². The van der Waals surface area contributed by atoms with Gasteiger partial charge in [-0.25, -0.2) is 13.1 Å². The highest BCUT2D eigenvalue weighted by molar-refractivity contribution is 7.92. The summed E-state index contributed by atoms with van der Waals surface area (Å²) in [6, 6.07) is 17.2. The van der Waals surface area contributed by atoms with E-state index in [1.54, 1.807) is 30.3 Å². The van der Waals surface area contributed by atoms with Gasteiger partial charge in [-0.2, -0.15) is 0 Å². The summed E-state index contributed by atoms with van der Waals surface area (Å²) in [4.78, 5) is 2.35. The van der Waals surface area contributed by atoms with E-state index < -0.39 is 10.0 Å². The van der Waals surface area contributed by atoms with Crippen LogP contribution in [-0.2, 0) is 10.0 Å². The molecular weight excluding hydrogens is 368 g/mol. The smallest absolute Gasteiger partial charge is 0.233 e. The van der Waals surface area contributed by atoms with E-state index in [0.717, 1.165) is 37.1 Å². The maximum atomic E-state index is 12.4. The Bertz CT molecular complexity index is 830. The Morgan fingerprint density at radius 3 is 2.35 bits per heavy atom. The van der Waals surface area contributed by atoms with Gasteiger partial charge in [0.2, 0.25) is 10.0 Å². The average Bonchev–Trinajstić information content (AvgIpc) is 3.17. The number of halogens is 1. The summed E-state index contributed by atoms with van der Waals surface area (Å²) >= 11 is 5.85. The molecule has 0 aromatic heterocycles. The Balaban J connectivity index is 1.68. The summed E-state index contributed by atoms with van der Waals surface area (Å²) in [5.74, 6) is 0. The van der Waals surface area contributed by atoms with E-state index in [1.165, 1.54) is 5.41 Å². The van der Waals surface area contributed by atoms with Crippen molar-refractivity contribution in [2.75, 3.05) is 19.6 Å². The van der Waals surface area contributed by atoms with Crippen LogP contribution in [0, 0.1) is 0 Å². The molecule has 0 radical (unpaired) electrons.